The van der Waals surface area contributed by atoms with Crippen molar-refractivity contribution in [3.8, 4) is 0 Å². The molecule has 0 bridgehead atoms. The van der Waals surface area contributed by atoms with E-state index in [1.807, 2.05) is 23.1 Å². The van der Waals surface area contributed by atoms with Crippen LogP contribution < -0.4 is 10.6 Å². The number of hydrogen-bond donors (Lipinski definition) is 1. The lowest BCUT2D eigenvalue weighted by atomic mass is 9.99. The first-order valence-electron chi connectivity index (χ1n) is 5.96. The molecule has 0 unspecified atom stereocenters. The molecule has 1 heterocycles. The third-order valence-electron chi connectivity index (χ3n) is 3.48. The normalized spacial score (nSPS) is 19.4. The van der Waals surface area contributed by atoms with Crippen LogP contribution in [-0.4, -0.2) is 12.5 Å². The smallest absolute Gasteiger partial charge is 0.230 e. The van der Waals surface area contributed by atoms with Crippen molar-refractivity contribution in [2.24, 2.45) is 5.92 Å². The molecule has 3 heteroatoms. The summed E-state index contributed by atoms with van der Waals surface area (Å²) in [6.07, 6.45) is 4.15. The lowest BCUT2D eigenvalue weighted by Crippen LogP contribution is -2.36. The second-order valence-corrected chi connectivity index (χ2v) is 4.71. The molecule has 1 aliphatic heterocycles. The van der Waals surface area contributed by atoms with Gasteiger partial charge < -0.3 is 10.6 Å². The highest BCUT2D eigenvalue weighted by atomic mass is 16.2. The van der Waals surface area contributed by atoms with Crippen LogP contribution in [0.5, 0.6) is 0 Å². The average Bonchev–Trinajstić information content (AvgIpc) is 3.12. The number of carbonyl (C=O) groups is 1. The molecule has 3 rings (SSSR count). The Morgan fingerprint density at radius 3 is 2.94 bits per heavy atom. The first-order valence-corrected chi connectivity index (χ1v) is 5.96. The molecule has 1 aromatic carbocycles. The van der Waals surface area contributed by atoms with Crippen molar-refractivity contribution in [3.05, 3.63) is 23.8 Å². The number of hydrogen-bond acceptors (Lipinski definition) is 2. The number of nitrogens with zero attached hydrogens (tertiary/aromatic N) is 1. The predicted molar refractivity (Wildman–Crippen MR) is 64.3 cm³/mol. The minimum Gasteiger partial charge on any atom is -0.398 e. The van der Waals surface area contributed by atoms with Crippen LogP contribution in [0.15, 0.2) is 18.2 Å². The molecule has 0 atom stereocenters. The predicted octanol–water partition coefficient (Wildman–Crippen LogP) is 1.96. The largest absolute Gasteiger partial charge is 0.398 e. The Balaban J connectivity index is 1.99. The van der Waals surface area contributed by atoms with Gasteiger partial charge in [0.25, 0.3) is 0 Å². The number of nitrogen functional groups attached to an aromatic ring is 1. The maximum Gasteiger partial charge on any atom is 0.230 e. The van der Waals surface area contributed by atoms with E-state index in [9.17, 15) is 4.79 Å². The number of amides is 1. The van der Waals surface area contributed by atoms with Crippen LogP contribution in [0, 0.1) is 5.92 Å². The van der Waals surface area contributed by atoms with Gasteiger partial charge in [-0.3, -0.25) is 4.79 Å². The fourth-order valence-corrected chi connectivity index (χ4v) is 2.43. The van der Waals surface area contributed by atoms with Crippen molar-refractivity contribution >= 4 is 17.3 Å². The van der Waals surface area contributed by atoms with Crippen molar-refractivity contribution in [1.82, 2.24) is 0 Å². The summed E-state index contributed by atoms with van der Waals surface area (Å²) >= 11 is 0. The summed E-state index contributed by atoms with van der Waals surface area (Å²) in [7, 11) is 0. The molecule has 0 radical (unpaired) electrons. The van der Waals surface area contributed by atoms with E-state index < -0.39 is 0 Å². The van der Waals surface area contributed by atoms with Gasteiger partial charge in [-0.15, -0.1) is 0 Å². The number of benzene rings is 1. The summed E-state index contributed by atoms with van der Waals surface area (Å²) in [6, 6.07) is 5.88. The Kier molecular flexibility index (Phi) is 2.13. The van der Waals surface area contributed by atoms with E-state index in [-0.39, 0.29) is 5.92 Å². The molecule has 1 aromatic rings. The average molecular weight is 216 g/mol. The maximum absolute atomic E-state index is 12.1. The number of anilines is 2. The van der Waals surface area contributed by atoms with E-state index in [2.05, 4.69) is 0 Å². The van der Waals surface area contributed by atoms with Gasteiger partial charge in [0.2, 0.25) is 5.91 Å². The summed E-state index contributed by atoms with van der Waals surface area (Å²) < 4.78 is 0. The topological polar surface area (TPSA) is 46.3 Å². The molecule has 1 saturated carbocycles. The van der Waals surface area contributed by atoms with Crippen LogP contribution >= 0.6 is 0 Å². The Morgan fingerprint density at radius 1 is 1.38 bits per heavy atom. The summed E-state index contributed by atoms with van der Waals surface area (Å²) in [6.45, 7) is 0.853. The van der Waals surface area contributed by atoms with E-state index in [4.69, 9.17) is 5.73 Å². The van der Waals surface area contributed by atoms with Crippen molar-refractivity contribution < 1.29 is 4.79 Å². The highest BCUT2D eigenvalue weighted by Gasteiger charge is 2.35. The summed E-state index contributed by atoms with van der Waals surface area (Å²) in [5.41, 5.74) is 8.98. The minimum absolute atomic E-state index is 0.285. The van der Waals surface area contributed by atoms with Crippen molar-refractivity contribution in [1.29, 1.82) is 0 Å². The highest BCUT2D eigenvalue weighted by molar-refractivity contribution is 5.98. The van der Waals surface area contributed by atoms with Crippen LogP contribution in [0.3, 0.4) is 0 Å². The lowest BCUT2D eigenvalue weighted by Gasteiger charge is -2.30. The number of fused-ring (bicyclic) bond motifs is 1. The Hall–Kier alpha value is -1.51. The Bertz CT molecular complexity index is 438. The van der Waals surface area contributed by atoms with Crippen molar-refractivity contribution in [2.75, 3.05) is 17.2 Å². The van der Waals surface area contributed by atoms with Crippen LogP contribution in [-0.2, 0) is 11.2 Å². The number of nitrogens with two attached hydrogens (primary N) is 1. The third kappa shape index (κ3) is 1.47. The Morgan fingerprint density at radius 2 is 2.19 bits per heavy atom. The SMILES string of the molecule is Nc1cccc2c1CCCN2C(=O)C1CC1. The van der Waals surface area contributed by atoms with Gasteiger partial charge in [0, 0.05) is 23.8 Å². The first kappa shape index (κ1) is 9.70. The van der Waals surface area contributed by atoms with Crippen molar-refractivity contribution in [2.45, 2.75) is 25.7 Å². The van der Waals surface area contributed by atoms with Gasteiger partial charge >= 0.3 is 0 Å². The van der Waals surface area contributed by atoms with Crippen LogP contribution in [0.1, 0.15) is 24.8 Å². The number of carbonyl (C=O) groups excluding carboxylic acids is 1. The fraction of sp³-hybridized carbons (Fsp3) is 0.462. The first-order chi connectivity index (χ1) is 7.77. The molecule has 0 spiro atoms. The maximum atomic E-state index is 12.1. The van der Waals surface area contributed by atoms with Crippen molar-refractivity contribution in [3.63, 3.8) is 0 Å². The quantitative estimate of drug-likeness (QED) is 0.729. The van der Waals surface area contributed by atoms with E-state index in [0.29, 0.717) is 5.91 Å². The molecular formula is C13H16N2O. The highest BCUT2D eigenvalue weighted by Crippen LogP contribution is 2.37. The third-order valence-corrected chi connectivity index (χ3v) is 3.48. The molecule has 2 N–H and O–H groups in total. The van der Waals surface area contributed by atoms with E-state index >= 15 is 0 Å². The van der Waals surface area contributed by atoms with Crippen LogP contribution in [0.4, 0.5) is 11.4 Å². The molecule has 0 aromatic heterocycles. The van der Waals surface area contributed by atoms with Crippen LogP contribution in [0.2, 0.25) is 0 Å². The summed E-state index contributed by atoms with van der Waals surface area (Å²) in [5, 5.41) is 0. The fourth-order valence-electron chi connectivity index (χ4n) is 2.43. The molecule has 1 fully saturated rings. The molecule has 3 nitrogen and oxygen atoms in total. The van der Waals surface area contributed by atoms with E-state index in [1.165, 1.54) is 0 Å². The minimum atomic E-state index is 0.285. The zero-order valence-corrected chi connectivity index (χ0v) is 9.28. The summed E-state index contributed by atoms with van der Waals surface area (Å²) in [4.78, 5) is 14.1. The number of rotatable bonds is 1. The second kappa shape index (κ2) is 3.51. The molecule has 1 aliphatic carbocycles. The van der Waals surface area contributed by atoms with Crippen LogP contribution in [0.25, 0.3) is 0 Å². The molecule has 16 heavy (non-hydrogen) atoms. The molecule has 0 saturated heterocycles. The van der Waals surface area contributed by atoms with Gasteiger partial charge in [0.15, 0.2) is 0 Å². The lowest BCUT2D eigenvalue weighted by molar-refractivity contribution is -0.119. The zero-order valence-electron chi connectivity index (χ0n) is 9.28. The summed E-state index contributed by atoms with van der Waals surface area (Å²) in [5.74, 6) is 0.582. The van der Waals surface area contributed by atoms with E-state index in [0.717, 1.165) is 49.2 Å². The van der Waals surface area contributed by atoms with Gasteiger partial charge in [-0.2, -0.15) is 0 Å². The second-order valence-electron chi connectivity index (χ2n) is 4.71. The van der Waals surface area contributed by atoms with Gasteiger partial charge in [-0.25, -0.2) is 0 Å². The van der Waals surface area contributed by atoms with Gasteiger partial charge in [-0.1, -0.05) is 6.07 Å². The van der Waals surface area contributed by atoms with E-state index in [1.54, 1.807) is 0 Å². The Labute approximate surface area is 95.2 Å². The van der Waals surface area contributed by atoms with Gasteiger partial charge in [-0.05, 0) is 43.4 Å². The van der Waals surface area contributed by atoms with Gasteiger partial charge in [0.1, 0.15) is 0 Å². The molecule has 2 aliphatic rings. The molecule has 84 valence electrons. The van der Waals surface area contributed by atoms with Gasteiger partial charge in [0.05, 0.1) is 0 Å². The molecular weight excluding hydrogens is 200 g/mol. The standard InChI is InChI=1S/C13H16N2O/c14-11-4-1-5-12-10(11)3-2-8-15(12)13(16)9-6-7-9/h1,4-5,9H,2-3,6-8,14H2. The molecule has 1 amide bonds. The zero-order chi connectivity index (χ0) is 11.1. The monoisotopic (exact) mass is 216 g/mol.